The zero-order valence-corrected chi connectivity index (χ0v) is 13.9. The average Bonchev–Trinajstić information content (AvgIpc) is 2.28. The van der Waals surface area contributed by atoms with Crippen LogP contribution in [-0.4, -0.2) is 35.5 Å². The number of hydrogen-bond acceptors (Lipinski definition) is 3. The van der Waals surface area contributed by atoms with Crippen LogP contribution in [0.3, 0.4) is 0 Å². The lowest BCUT2D eigenvalue weighted by Gasteiger charge is -2.27. The van der Waals surface area contributed by atoms with Crippen molar-refractivity contribution >= 4 is 17.8 Å². The summed E-state index contributed by atoms with van der Waals surface area (Å²) in [4.78, 5) is 34.5. The fourth-order valence-corrected chi connectivity index (χ4v) is 1.60. The maximum atomic E-state index is 11.8. The molecule has 0 aliphatic heterocycles. The van der Waals surface area contributed by atoms with Gasteiger partial charge >= 0.3 is 5.97 Å². The van der Waals surface area contributed by atoms with Crippen LogP contribution in [0.25, 0.3) is 0 Å². The molecule has 0 saturated heterocycles. The van der Waals surface area contributed by atoms with E-state index in [1.54, 1.807) is 20.8 Å². The molecule has 0 radical (unpaired) electrons. The number of carboxylic acids is 1. The molecule has 0 spiro atoms. The summed E-state index contributed by atoms with van der Waals surface area (Å²) >= 11 is 0. The molecular weight excluding hydrogens is 272 g/mol. The molecule has 0 aliphatic carbocycles. The molecule has 0 saturated carbocycles. The summed E-state index contributed by atoms with van der Waals surface area (Å²) in [5.41, 5.74) is -1.01. The lowest BCUT2D eigenvalue weighted by Crippen LogP contribution is -2.49. The van der Waals surface area contributed by atoms with E-state index in [-0.39, 0.29) is 18.2 Å². The van der Waals surface area contributed by atoms with E-state index in [4.69, 9.17) is 5.11 Å². The van der Waals surface area contributed by atoms with E-state index in [9.17, 15) is 14.4 Å². The molecule has 2 amide bonds. The van der Waals surface area contributed by atoms with Crippen molar-refractivity contribution in [2.75, 3.05) is 6.54 Å². The minimum Gasteiger partial charge on any atom is -0.480 e. The quantitative estimate of drug-likeness (QED) is 0.648. The SMILES string of the molecule is CC(C)(C)C(=O)NCCCC(=O)N[C@@H](C(=O)O)C(C)(C)C. The lowest BCUT2D eigenvalue weighted by molar-refractivity contribution is -0.144. The summed E-state index contributed by atoms with van der Waals surface area (Å²) in [6.45, 7) is 11.1. The molecule has 0 bridgehead atoms. The predicted octanol–water partition coefficient (Wildman–Crippen LogP) is 1.54. The summed E-state index contributed by atoms with van der Waals surface area (Å²) < 4.78 is 0. The van der Waals surface area contributed by atoms with E-state index in [0.29, 0.717) is 13.0 Å². The number of aliphatic carboxylic acids is 1. The van der Waals surface area contributed by atoms with Crippen LogP contribution < -0.4 is 10.6 Å². The average molecular weight is 300 g/mol. The Balaban J connectivity index is 4.17. The Morgan fingerprint density at radius 3 is 1.95 bits per heavy atom. The standard InChI is InChI=1S/C15H28N2O4/c1-14(2,3)11(12(19)20)17-10(18)8-7-9-16-13(21)15(4,5)6/h11H,7-9H2,1-6H3,(H,16,21)(H,17,18)(H,19,20)/t11-/m0/s1. The molecule has 122 valence electrons. The van der Waals surface area contributed by atoms with Gasteiger partial charge in [0.15, 0.2) is 0 Å². The first-order chi connectivity index (χ1) is 9.35. The van der Waals surface area contributed by atoms with Gasteiger partial charge in [0.1, 0.15) is 6.04 Å². The molecular formula is C15H28N2O4. The Labute approximate surface area is 126 Å². The topological polar surface area (TPSA) is 95.5 Å². The normalized spacial score (nSPS) is 13.4. The highest BCUT2D eigenvalue weighted by molar-refractivity contribution is 5.84. The van der Waals surface area contributed by atoms with Crippen LogP contribution in [0.5, 0.6) is 0 Å². The number of amides is 2. The highest BCUT2D eigenvalue weighted by Crippen LogP contribution is 2.19. The summed E-state index contributed by atoms with van der Waals surface area (Å²) in [5.74, 6) is -1.43. The fraction of sp³-hybridized carbons (Fsp3) is 0.800. The third-order valence-electron chi connectivity index (χ3n) is 2.97. The molecule has 0 aromatic heterocycles. The van der Waals surface area contributed by atoms with Crippen molar-refractivity contribution in [1.82, 2.24) is 10.6 Å². The van der Waals surface area contributed by atoms with Gasteiger partial charge in [0, 0.05) is 18.4 Å². The van der Waals surface area contributed by atoms with Crippen molar-refractivity contribution < 1.29 is 19.5 Å². The monoisotopic (exact) mass is 300 g/mol. The predicted molar refractivity (Wildman–Crippen MR) is 80.7 cm³/mol. The minimum absolute atomic E-state index is 0.0685. The van der Waals surface area contributed by atoms with Crippen LogP contribution >= 0.6 is 0 Å². The van der Waals surface area contributed by atoms with Gasteiger partial charge in [-0.25, -0.2) is 4.79 Å². The highest BCUT2D eigenvalue weighted by Gasteiger charge is 2.32. The van der Waals surface area contributed by atoms with Crippen LogP contribution in [0.2, 0.25) is 0 Å². The van der Waals surface area contributed by atoms with E-state index in [1.807, 2.05) is 20.8 Å². The maximum absolute atomic E-state index is 11.8. The van der Waals surface area contributed by atoms with Gasteiger partial charge in [0.25, 0.3) is 0 Å². The molecule has 0 heterocycles. The van der Waals surface area contributed by atoms with E-state index < -0.39 is 22.8 Å². The van der Waals surface area contributed by atoms with Crippen molar-refractivity contribution in [3.8, 4) is 0 Å². The molecule has 0 aliphatic rings. The zero-order valence-electron chi connectivity index (χ0n) is 13.9. The van der Waals surface area contributed by atoms with E-state index >= 15 is 0 Å². The third-order valence-corrected chi connectivity index (χ3v) is 2.97. The Morgan fingerprint density at radius 2 is 1.57 bits per heavy atom. The smallest absolute Gasteiger partial charge is 0.326 e. The summed E-state index contributed by atoms with van der Waals surface area (Å²) in [6.07, 6.45) is 0.661. The third kappa shape index (κ3) is 7.68. The number of carbonyl (C=O) groups excluding carboxylic acids is 2. The first kappa shape index (κ1) is 19.4. The van der Waals surface area contributed by atoms with Crippen molar-refractivity contribution in [2.24, 2.45) is 10.8 Å². The summed E-state index contributed by atoms with van der Waals surface area (Å²) in [7, 11) is 0. The van der Waals surface area contributed by atoms with Gasteiger partial charge in [-0.2, -0.15) is 0 Å². The minimum atomic E-state index is -1.04. The Kier molecular flexibility index (Phi) is 6.86. The number of carbonyl (C=O) groups is 3. The van der Waals surface area contributed by atoms with Gasteiger partial charge in [0.05, 0.1) is 0 Å². The van der Waals surface area contributed by atoms with Crippen LogP contribution in [-0.2, 0) is 14.4 Å². The Morgan fingerprint density at radius 1 is 1.05 bits per heavy atom. The number of nitrogens with one attached hydrogen (secondary N) is 2. The first-order valence-corrected chi connectivity index (χ1v) is 7.16. The molecule has 0 aromatic rings. The van der Waals surface area contributed by atoms with Gasteiger partial charge < -0.3 is 15.7 Å². The van der Waals surface area contributed by atoms with Crippen LogP contribution in [0.15, 0.2) is 0 Å². The van der Waals surface area contributed by atoms with E-state index in [1.165, 1.54) is 0 Å². The van der Waals surface area contributed by atoms with E-state index in [0.717, 1.165) is 0 Å². The van der Waals surface area contributed by atoms with Crippen molar-refractivity contribution in [2.45, 2.75) is 60.4 Å². The first-order valence-electron chi connectivity index (χ1n) is 7.16. The lowest BCUT2D eigenvalue weighted by atomic mass is 9.86. The molecule has 21 heavy (non-hydrogen) atoms. The number of rotatable bonds is 6. The molecule has 0 fully saturated rings. The number of carboxylic acid groups (broad SMARTS) is 1. The van der Waals surface area contributed by atoms with Crippen LogP contribution in [0, 0.1) is 10.8 Å². The molecule has 6 heteroatoms. The summed E-state index contributed by atoms with van der Waals surface area (Å²) in [5, 5.41) is 14.4. The van der Waals surface area contributed by atoms with Gasteiger partial charge in [0.2, 0.25) is 11.8 Å². The molecule has 0 rings (SSSR count). The molecule has 3 N–H and O–H groups in total. The van der Waals surface area contributed by atoms with Crippen molar-refractivity contribution in [3.63, 3.8) is 0 Å². The molecule has 1 atom stereocenters. The molecule has 0 unspecified atom stereocenters. The Bertz CT molecular complexity index is 391. The van der Waals surface area contributed by atoms with Gasteiger partial charge in [-0.1, -0.05) is 41.5 Å². The second kappa shape index (κ2) is 7.43. The van der Waals surface area contributed by atoms with Crippen LogP contribution in [0.1, 0.15) is 54.4 Å². The highest BCUT2D eigenvalue weighted by atomic mass is 16.4. The summed E-state index contributed by atoms with van der Waals surface area (Å²) in [6, 6.07) is -0.922. The van der Waals surface area contributed by atoms with Crippen molar-refractivity contribution in [3.05, 3.63) is 0 Å². The Hall–Kier alpha value is -1.59. The fourth-order valence-electron chi connectivity index (χ4n) is 1.60. The van der Waals surface area contributed by atoms with Gasteiger partial charge in [-0.15, -0.1) is 0 Å². The molecule has 0 aromatic carbocycles. The maximum Gasteiger partial charge on any atom is 0.326 e. The largest absolute Gasteiger partial charge is 0.480 e. The van der Waals surface area contributed by atoms with Crippen molar-refractivity contribution in [1.29, 1.82) is 0 Å². The van der Waals surface area contributed by atoms with Crippen LogP contribution in [0.4, 0.5) is 0 Å². The number of hydrogen-bond donors (Lipinski definition) is 3. The second-order valence-electron chi connectivity index (χ2n) is 7.31. The van der Waals surface area contributed by atoms with E-state index in [2.05, 4.69) is 10.6 Å². The van der Waals surface area contributed by atoms with Gasteiger partial charge in [-0.3, -0.25) is 9.59 Å². The molecule has 6 nitrogen and oxygen atoms in total. The second-order valence-corrected chi connectivity index (χ2v) is 7.31. The zero-order chi connectivity index (χ0) is 16.8. The van der Waals surface area contributed by atoms with Gasteiger partial charge in [-0.05, 0) is 11.8 Å².